The second-order valence-corrected chi connectivity index (χ2v) is 6.45. The van der Waals surface area contributed by atoms with Gasteiger partial charge in [-0.05, 0) is 55.2 Å². The molecule has 3 atom stereocenters. The van der Waals surface area contributed by atoms with Gasteiger partial charge in [0.1, 0.15) is 5.82 Å². The maximum atomic E-state index is 13.0. The molecule has 0 aliphatic heterocycles. The molecule has 2 saturated carbocycles. The predicted molar refractivity (Wildman–Crippen MR) is 68.2 cm³/mol. The molecule has 3 heteroatoms. The maximum absolute atomic E-state index is 13.0. The fourth-order valence-corrected chi connectivity index (χ4v) is 4.12. The zero-order valence-electron chi connectivity index (χ0n) is 9.63. The highest BCUT2D eigenvalue weighted by Crippen LogP contribution is 2.52. The Morgan fingerprint density at radius 3 is 2.82 bits per heavy atom. The zero-order chi connectivity index (χ0) is 12.0. The summed E-state index contributed by atoms with van der Waals surface area (Å²) < 4.78 is 13.8. The number of hydrogen-bond donors (Lipinski definition) is 1. The highest BCUT2D eigenvalue weighted by atomic mass is 79.9. The molecular weight excluding hydrogens is 283 g/mol. The van der Waals surface area contributed by atoms with Crippen LogP contribution >= 0.6 is 15.9 Å². The predicted octanol–water partition coefficient (Wildman–Crippen LogP) is 3.68. The summed E-state index contributed by atoms with van der Waals surface area (Å²) in [5.41, 5.74) is 0.463. The van der Waals surface area contributed by atoms with Crippen molar-refractivity contribution in [2.75, 3.05) is 0 Å². The smallest absolute Gasteiger partial charge is 0.124 e. The van der Waals surface area contributed by atoms with Crippen molar-refractivity contribution < 1.29 is 9.50 Å². The van der Waals surface area contributed by atoms with Crippen LogP contribution in [0, 0.1) is 17.7 Å². The van der Waals surface area contributed by atoms with Gasteiger partial charge in [-0.2, -0.15) is 0 Å². The highest BCUT2D eigenvalue weighted by molar-refractivity contribution is 9.10. The lowest BCUT2D eigenvalue weighted by Crippen LogP contribution is -2.37. The van der Waals surface area contributed by atoms with Crippen LogP contribution in [0.5, 0.6) is 0 Å². The summed E-state index contributed by atoms with van der Waals surface area (Å²) in [6.45, 7) is 0. The topological polar surface area (TPSA) is 20.2 Å². The van der Waals surface area contributed by atoms with Crippen molar-refractivity contribution in [2.45, 2.75) is 37.7 Å². The van der Waals surface area contributed by atoms with E-state index < -0.39 is 5.60 Å². The molecule has 2 aliphatic carbocycles. The lowest BCUT2D eigenvalue weighted by atomic mass is 9.80. The maximum Gasteiger partial charge on any atom is 0.124 e. The minimum absolute atomic E-state index is 0.236. The molecule has 2 bridgehead atoms. The Kier molecular flexibility index (Phi) is 2.79. The average Bonchev–Trinajstić information content (AvgIpc) is 2.82. The first-order chi connectivity index (χ1) is 8.07. The summed E-state index contributed by atoms with van der Waals surface area (Å²) in [6, 6.07) is 4.73. The average molecular weight is 299 g/mol. The van der Waals surface area contributed by atoms with Gasteiger partial charge in [0.05, 0.1) is 5.60 Å². The summed E-state index contributed by atoms with van der Waals surface area (Å²) >= 11 is 3.38. The lowest BCUT2D eigenvalue weighted by molar-refractivity contribution is -0.0126. The molecule has 0 spiro atoms. The van der Waals surface area contributed by atoms with Crippen LogP contribution in [-0.4, -0.2) is 10.7 Å². The van der Waals surface area contributed by atoms with Crippen molar-refractivity contribution >= 4 is 15.9 Å². The summed E-state index contributed by atoms with van der Waals surface area (Å²) in [5.74, 6) is 0.925. The molecule has 0 saturated heterocycles. The van der Waals surface area contributed by atoms with Crippen LogP contribution in [0.25, 0.3) is 0 Å². The first kappa shape index (κ1) is 11.7. The van der Waals surface area contributed by atoms with Gasteiger partial charge in [-0.15, -0.1) is 0 Å². The van der Waals surface area contributed by atoms with Gasteiger partial charge < -0.3 is 5.11 Å². The Labute approximate surface area is 109 Å². The van der Waals surface area contributed by atoms with E-state index >= 15 is 0 Å². The van der Waals surface area contributed by atoms with Crippen LogP contribution in [-0.2, 0) is 6.42 Å². The summed E-state index contributed by atoms with van der Waals surface area (Å²) in [7, 11) is 0. The van der Waals surface area contributed by atoms with Gasteiger partial charge in [-0.3, -0.25) is 0 Å². The molecule has 92 valence electrons. The Bertz CT molecular complexity index is 448. The molecule has 1 N–H and O–H groups in total. The third kappa shape index (κ3) is 2.04. The van der Waals surface area contributed by atoms with Gasteiger partial charge in [-0.1, -0.05) is 22.0 Å². The van der Waals surface area contributed by atoms with Crippen LogP contribution in [0.2, 0.25) is 0 Å². The molecule has 2 fully saturated rings. The molecule has 0 amide bonds. The number of hydrogen-bond acceptors (Lipinski definition) is 1. The SMILES string of the molecule is OC1(Cc2ccc(F)cc2Br)CC2CCC1C2. The quantitative estimate of drug-likeness (QED) is 0.883. The Morgan fingerprint density at radius 2 is 2.24 bits per heavy atom. The van der Waals surface area contributed by atoms with Gasteiger partial charge in [-0.25, -0.2) is 4.39 Å². The first-order valence-electron chi connectivity index (χ1n) is 6.23. The van der Waals surface area contributed by atoms with Crippen molar-refractivity contribution in [3.8, 4) is 0 Å². The molecule has 1 nitrogen and oxygen atoms in total. The van der Waals surface area contributed by atoms with E-state index in [1.807, 2.05) is 0 Å². The second kappa shape index (κ2) is 4.06. The van der Waals surface area contributed by atoms with E-state index in [9.17, 15) is 9.50 Å². The van der Waals surface area contributed by atoms with E-state index in [2.05, 4.69) is 15.9 Å². The van der Waals surface area contributed by atoms with E-state index in [1.165, 1.54) is 25.0 Å². The molecular formula is C14H16BrFO. The van der Waals surface area contributed by atoms with E-state index in [-0.39, 0.29) is 5.82 Å². The molecule has 1 aromatic carbocycles. The van der Waals surface area contributed by atoms with Crippen LogP contribution in [0.3, 0.4) is 0 Å². The van der Waals surface area contributed by atoms with Gasteiger partial charge in [0.2, 0.25) is 0 Å². The van der Waals surface area contributed by atoms with Crippen LogP contribution < -0.4 is 0 Å². The summed E-state index contributed by atoms with van der Waals surface area (Å²) in [5, 5.41) is 10.7. The normalized spacial score (nSPS) is 35.5. The molecule has 17 heavy (non-hydrogen) atoms. The standard InChI is InChI=1S/C14H16BrFO/c15-13-6-12(16)4-2-10(13)8-14(17)7-9-1-3-11(14)5-9/h2,4,6,9,11,17H,1,3,5,7-8H2. The van der Waals surface area contributed by atoms with Crippen LogP contribution in [0.15, 0.2) is 22.7 Å². The van der Waals surface area contributed by atoms with Crippen molar-refractivity contribution in [3.05, 3.63) is 34.1 Å². The largest absolute Gasteiger partial charge is 0.389 e. The van der Waals surface area contributed by atoms with E-state index in [1.54, 1.807) is 6.07 Å². The molecule has 2 aliphatic rings. The third-order valence-corrected chi connectivity index (χ3v) is 5.19. The van der Waals surface area contributed by atoms with Crippen molar-refractivity contribution in [1.82, 2.24) is 0 Å². The van der Waals surface area contributed by atoms with Gasteiger partial charge in [0, 0.05) is 10.9 Å². The third-order valence-electron chi connectivity index (χ3n) is 4.45. The minimum atomic E-state index is -0.552. The van der Waals surface area contributed by atoms with Crippen molar-refractivity contribution in [1.29, 1.82) is 0 Å². The lowest BCUT2D eigenvalue weighted by Gasteiger charge is -2.33. The monoisotopic (exact) mass is 298 g/mol. The van der Waals surface area contributed by atoms with Gasteiger partial charge in [0.25, 0.3) is 0 Å². The zero-order valence-corrected chi connectivity index (χ0v) is 11.2. The molecule has 3 unspecified atom stereocenters. The summed E-state index contributed by atoms with van der Waals surface area (Å²) in [6.07, 6.45) is 5.17. The molecule has 1 aromatic rings. The molecule has 0 aromatic heterocycles. The molecule has 3 rings (SSSR count). The first-order valence-corrected chi connectivity index (χ1v) is 7.02. The fraction of sp³-hybridized carbons (Fsp3) is 0.571. The van der Waals surface area contributed by atoms with Crippen LogP contribution in [0.1, 0.15) is 31.2 Å². The molecule has 0 heterocycles. The van der Waals surface area contributed by atoms with Crippen LogP contribution in [0.4, 0.5) is 4.39 Å². The number of benzene rings is 1. The molecule has 0 radical (unpaired) electrons. The number of aliphatic hydroxyl groups is 1. The number of rotatable bonds is 2. The van der Waals surface area contributed by atoms with E-state index in [4.69, 9.17) is 0 Å². The summed E-state index contributed by atoms with van der Waals surface area (Å²) in [4.78, 5) is 0. The van der Waals surface area contributed by atoms with E-state index in [0.717, 1.165) is 22.9 Å². The second-order valence-electron chi connectivity index (χ2n) is 5.60. The highest BCUT2D eigenvalue weighted by Gasteiger charge is 2.49. The van der Waals surface area contributed by atoms with Gasteiger partial charge >= 0.3 is 0 Å². The fourth-order valence-electron chi connectivity index (χ4n) is 3.63. The van der Waals surface area contributed by atoms with E-state index in [0.29, 0.717) is 18.3 Å². The Hall–Kier alpha value is -0.410. The van der Waals surface area contributed by atoms with Crippen molar-refractivity contribution in [2.24, 2.45) is 11.8 Å². The number of fused-ring (bicyclic) bond motifs is 2. The van der Waals surface area contributed by atoms with Gasteiger partial charge in [0.15, 0.2) is 0 Å². The number of halogens is 2. The minimum Gasteiger partial charge on any atom is -0.389 e. The Balaban J connectivity index is 1.83. The Morgan fingerprint density at radius 1 is 1.41 bits per heavy atom. The van der Waals surface area contributed by atoms with Crippen molar-refractivity contribution in [3.63, 3.8) is 0 Å².